The highest BCUT2D eigenvalue weighted by atomic mass is 16.2. The van der Waals surface area contributed by atoms with Crippen molar-refractivity contribution in [3.05, 3.63) is 27.2 Å². The van der Waals surface area contributed by atoms with Gasteiger partial charge < -0.3 is 4.57 Å². The molecule has 2 aromatic heterocycles. The minimum atomic E-state index is -0.394. The van der Waals surface area contributed by atoms with Crippen LogP contribution in [0.4, 0.5) is 0 Å². The number of aromatic amines is 1. The maximum Gasteiger partial charge on any atom is 0.327 e. The molecule has 0 aliphatic carbocycles. The molecular formula is C7H8N4O2. The fraction of sp³-hybridized carbons (Fsp3) is 0.286. The molecule has 0 atom stereocenters. The first-order chi connectivity index (χ1) is 6.11. The van der Waals surface area contributed by atoms with Gasteiger partial charge in [0.2, 0.25) is 0 Å². The summed E-state index contributed by atoms with van der Waals surface area (Å²) in [6, 6.07) is 0. The Morgan fingerprint density at radius 2 is 2.08 bits per heavy atom. The summed E-state index contributed by atoms with van der Waals surface area (Å²) in [7, 11) is 3.24. The van der Waals surface area contributed by atoms with Crippen LogP contribution in [0.15, 0.2) is 15.9 Å². The maximum absolute atomic E-state index is 11.3. The molecule has 0 bridgehead atoms. The molecule has 0 saturated heterocycles. The van der Waals surface area contributed by atoms with E-state index in [2.05, 4.69) is 9.97 Å². The molecule has 0 aliphatic rings. The lowest BCUT2D eigenvalue weighted by molar-refractivity contribution is 0.877. The minimum absolute atomic E-state index is 0.301. The zero-order valence-electron chi connectivity index (χ0n) is 7.24. The van der Waals surface area contributed by atoms with Crippen LogP contribution in [0.2, 0.25) is 0 Å². The lowest BCUT2D eigenvalue weighted by Gasteiger charge is -1.96. The van der Waals surface area contributed by atoms with E-state index in [0.29, 0.717) is 11.2 Å². The van der Waals surface area contributed by atoms with Crippen LogP contribution in [0.25, 0.3) is 11.2 Å². The third-order valence-electron chi connectivity index (χ3n) is 1.99. The Morgan fingerprint density at radius 1 is 1.38 bits per heavy atom. The molecule has 2 heterocycles. The Labute approximate surface area is 72.5 Å². The van der Waals surface area contributed by atoms with Gasteiger partial charge in [0.1, 0.15) is 12.0 Å². The summed E-state index contributed by atoms with van der Waals surface area (Å²) in [4.78, 5) is 28.6. The highest BCUT2D eigenvalue weighted by Gasteiger charge is 2.08. The van der Waals surface area contributed by atoms with E-state index in [4.69, 9.17) is 0 Å². The van der Waals surface area contributed by atoms with Gasteiger partial charge in [0.25, 0.3) is 5.56 Å². The number of H-pyrrole nitrogens is 1. The maximum atomic E-state index is 11.3. The van der Waals surface area contributed by atoms with Gasteiger partial charge in [-0.15, -0.1) is 0 Å². The number of hydrogen-bond donors (Lipinski definition) is 1. The molecule has 0 spiro atoms. The molecule has 13 heavy (non-hydrogen) atoms. The van der Waals surface area contributed by atoms with Crippen molar-refractivity contribution in [3.8, 4) is 0 Å². The average molecular weight is 180 g/mol. The van der Waals surface area contributed by atoms with Crippen molar-refractivity contribution in [2.45, 2.75) is 0 Å². The topological polar surface area (TPSA) is 72.7 Å². The van der Waals surface area contributed by atoms with Crippen LogP contribution in [-0.4, -0.2) is 19.1 Å². The normalized spacial score (nSPS) is 10.9. The zero-order chi connectivity index (χ0) is 9.59. The van der Waals surface area contributed by atoms with E-state index in [-0.39, 0.29) is 5.69 Å². The molecule has 0 amide bonds. The van der Waals surface area contributed by atoms with E-state index in [1.165, 1.54) is 17.9 Å². The zero-order valence-corrected chi connectivity index (χ0v) is 7.24. The fourth-order valence-corrected chi connectivity index (χ4v) is 1.26. The summed E-state index contributed by atoms with van der Waals surface area (Å²) in [5, 5.41) is 0. The Bertz CT molecular complexity index is 574. The quantitative estimate of drug-likeness (QED) is 0.562. The third kappa shape index (κ3) is 0.915. The van der Waals surface area contributed by atoms with Gasteiger partial charge in [0.05, 0.1) is 0 Å². The van der Waals surface area contributed by atoms with Gasteiger partial charge in [-0.25, -0.2) is 4.79 Å². The van der Waals surface area contributed by atoms with Crippen LogP contribution >= 0.6 is 0 Å². The molecule has 6 heteroatoms. The summed E-state index contributed by atoms with van der Waals surface area (Å²) in [6.45, 7) is 0. The number of aromatic nitrogens is 4. The molecule has 0 unspecified atom stereocenters. The van der Waals surface area contributed by atoms with Crippen LogP contribution in [0.5, 0.6) is 0 Å². The van der Waals surface area contributed by atoms with Crippen LogP contribution < -0.4 is 11.2 Å². The van der Waals surface area contributed by atoms with Crippen molar-refractivity contribution in [1.29, 1.82) is 0 Å². The third-order valence-corrected chi connectivity index (χ3v) is 1.99. The van der Waals surface area contributed by atoms with Crippen LogP contribution in [0.1, 0.15) is 0 Å². The monoisotopic (exact) mass is 180 g/mol. The number of rotatable bonds is 0. The van der Waals surface area contributed by atoms with Gasteiger partial charge in [-0.1, -0.05) is 0 Å². The second-order valence-electron chi connectivity index (χ2n) is 2.85. The summed E-state index contributed by atoms with van der Waals surface area (Å²) in [5.74, 6) is 0. The van der Waals surface area contributed by atoms with Crippen molar-refractivity contribution in [3.63, 3.8) is 0 Å². The molecular weight excluding hydrogens is 172 g/mol. The summed E-state index contributed by atoms with van der Waals surface area (Å²) in [6.07, 6.45) is 1.38. The number of imidazole rings is 1. The molecule has 6 nitrogen and oxygen atoms in total. The molecule has 0 radical (unpaired) electrons. The lowest BCUT2D eigenvalue weighted by Crippen LogP contribution is -2.16. The molecule has 0 aliphatic heterocycles. The predicted octanol–water partition coefficient (Wildman–Crippen LogP) is -1.04. The van der Waals surface area contributed by atoms with Gasteiger partial charge in [-0.05, 0) is 0 Å². The predicted molar refractivity (Wildman–Crippen MR) is 46.6 cm³/mol. The largest absolute Gasteiger partial charge is 0.327 e. The Morgan fingerprint density at radius 3 is 2.69 bits per heavy atom. The number of aryl methyl sites for hydroxylation is 2. The molecule has 0 saturated carbocycles. The second kappa shape index (κ2) is 2.32. The van der Waals surface area contributed by atoms with E-state index in [1.54, 1.807) is 11.6 Å². The first-order valence-corrected chi connectivity index (χ1v) is 3.71. The van der Waals surface area contributed by atoms with Crippen LogP contribution in [0, 0.1) is 0 Å². The number of fused-ring (bicyclic) bond motifs is 1. The first kappa shape index (κ1) is 7.78. The number of hydrogen-bond acceptors (Lipinski definition) is 3. The van der Waals surface area contributed by atoms with Crippen molar-refractivity contribution in [1.82, 2.24) is 19.1 Å². The SMILES string of the molecule is Cn1cnc(=O)c2c1[nH]c(=O)n2C. The fourth-order valence-electron chi connectivity index (χ4n) is 1.26. The van der Waals surface area contributed by atoms with E-state index in [0.717, 1.165) is 0 Å². The highest BCUT2D eigenvalue weighted by Crippen LogP contribution is 1.99. The molecule has 1 N–H and O–H groups in total. The van der Waals surface area contributed by atoms with Gasteiger partial charge in [0, 0.05) is 14.1 Å². The highest BCUT2D eigenvalue weighted by molar-refractivity contribution is 5.69. The molecule has 2 aromatic rings. The van der Waals surface area contributed by atoms with Crippen LogP contribution in [-0.2, 0) is 14.1 Å². The van der Waals surface area contributed by atoms with Crippen molar-refractivity contribution < 1.29 is 0 Å². The molecule has 2 rings (SSSR count). The van der Waals surface area contributed by atoms with E-state index in [9.17, 15) is 9.59 Å². The van der Waals surface area contributed by atoms with Gasteiger partial charge in [0.15, 0.2) is 5.52 Å². The van der Waals surface area contributed by atoms with Crippen molar-refractivity contribution in [2.75, 3.05) is 0 Å². The Hall–Kier alpha value is -1.85. The van der Waals surface area contributed by atoms with Crippen molar-refractivity contribution >= 4 is 11.2 Å². The summed E-state index contributed by atoms with van der Waals surface area (Å²) in [5.41, 5.74) is 0.0900. The number of nitrogens with one attached hydrogen (secondary N) is 1. The van der Waals surface area contributed by atoms with E-state index < -0.39 is 5.56 Å². The van der Waals surface area contributed by atoms with Gasteiger partial charge in [-0.3, -0.25) is 14.3 Å². The van der Waals surface area contributed by atoms with E-state index in [1.807, 2.05) is 0 Å². The Balaban J connectivity index is 3.19. The lowest BCUT2D eigenvalue weighted by atomic mass is 10.5. The minimum Gasteiger partial charge on any atom is -0.320 e. The first-order valence-electron chi connectivity index (χ1n) is 3.71. The number of nitrogens with zero attached hydrogens (tertiary/aromatic N) is 3. The average Bonchev–Trinajstić information content (AvgIpc) is 2.38. The van der Waals surface area contributed by atoms with Crippen LogP contribution in [0.3, 0.4) is 0 Å². The Kier molecular flexibility index (Phi) is 1.39. The molecule has 68 valence electrons. The smallest absolute Gasteiger partial charge is 0.320 e. The summed E-state index contributed by atoms with van der Waals surface area (Å²) < 4.78 is 2.85. The van der Waals surface area contributed by atoms with Gasteiger partial charge in [-0.2, -0.15) is 4.98 Å². The van der Waals surface area contributed by atoms with E-state index >= 15 is 0 Å². The second-order valence-corrected chi connectivity index (χ2v) is 2.85. The van der Waals surface area contributed by atoms with Crippen molar-refractivity contribution in [2.24, 2.45) is 14.1 Å². The summed E-state index contributed by atoms with van der Waals surface area (Å²) >= 11 is 0. The molecule has 0 aromatic carbocycles. The molecule has 0 fully saturated rings. The van der Waals surface area contributed by atoms with Gasteiger partial charge >= 0.3 is 5.69 Å². The standard InChI is InChI=1S/C7H8N4O2/c1-10-3-8-6(12)4-5(10)9-7(13)11(4)2/h3H,1-2H3,(H,9,13).